The van der Waals surface area contributed by atoms with E-state index >= 15 is 0 Å². The van der Waals surface area contributed by atoms with Gasteiger partial charge in [0.05, 0.1) is 12.3 Å². The van der Waals surface area contributed by atoms with Crippen molar-refractivity contribution in [2.75, 3.05) is 11.9 Å². The Bertz CT molecular complexity index is 573. The number of nitrogens with one attached hydrogen (secondary N) is 1. The quantitative estimate of drug-likeness (QED) is 0.665. The molecule has 18 heavy (non-hydrogen) atoms. The van der Waals surface area contributed by atoms with Crippen LogP contribution in [-0.4, -0.2) is 18.5 Å². The molecule has 1 aromatic heterocycles. The first-order valence-corrected chi connectivity index (χ1v) is 5.62. The van der Waals surface area contributed by atoms with Gasteiger partial charge in [-0.05, 0) is 19.1 Å². The van der Waals surface area contributed by atoms with E-state index < -0.39 is 11.9 Å². The molecular weight excluding hydrogens is 234 g/mol. The van der Waals surface area contributed by atoms with Crippen LogP contribution in [0.25, 0.3) is 11.0 Å². The number of para-hydroxylation sites is 1. The van der Waals surface area contributed by atoms with E-state index in [9.17, 15) is 9.59 Å². The highest BCUT2D eigenvalue weighted by atomic mass is 16.5. The number of hydrogen-bond donors (Lipinski definition) is 1. The highest BCUT2D eigenvalue weighted by molar-refractivity contribution is 6.06. The third-order valence-electron chi connectivity index (χ3n) is 2.37. The van der Waals surface area contributed by atoms with Crippen molar-refractivity contribution in [1.82, 2.24) is 0 Å². The molecular formula is C13H13NO4. The maximum atomic E-state index is 11.6. The molecule has 1 N–H and O–H groups in total. The Balaban J connectivity index is 2.05. The number of fused-ring (bicyclic) bond motifs is 1. The Morgan fingerprint density at radius 3 is 2.89 bits per heavy atom. The average Bonchev–Trinajstić information content (AvgIpc) is 2.73. The minimum absolute atomic E-state index is 0.265. The molecule has 5 nitrogen and oxygen atoms in total. The molecule has 0 radical (unpaired) electrons. The molecule has 0 aliphatic rings. The second kappa shape index (κ2) is 5.35. The topological polar surface area (TPSA) is 68.5 Å². The van der Waals surface area contributed by atoms with Crippen molar-refractivity contribution in [1.29, 1.82) is 0 Å². The molecule has 94 valence electrons. The number of hydrogen-bond acceptors (Lipinski definition) is 4. The molecule has 0 bridgehead atoms. The predicted molar refractivity (Wildman–Crippen MR) is 66.1 cm³/mol. The van der Waals surface area contributed by atoms with Crippen molar-refractivity contribution < 1.29 is 18.7 Å². The number of furan rings is 1. The Labute approximate surface area is 104 Å². The average molecular weight is 247 g/mol. The number of ether oxygens (including phenoxy) is 1. The fourth-order valence-electron chi connectivity index (χ4n) is 1.61. The van der Waals surface area contributed by atoms with Crippen LogP contribution < -0.4 is 5.32 Å². The largest absolute Gasteiger partial charge is 0.466 e. The van der Waals surface area contributed by atoms with Crippen LogP contribution in [0, 0.1) is 0 Å². The summed E-state index contributed by atoms with van der Waals surface area (Å²) in [6.07, 6.45) is 1.15. The lowest BCUT2D eigenvalue weighted by Gasteiger charge is -2.03. The molecule has 2 aromatic rings. The highest BCUT2D eigenvalue weighted by Crippen LogP contribution is 2.25. The van der Waals surface area contributed by atoms with Crippen molar-refractivity contribution in [3.05, 3.63) is 30.5 Å². The third kappa shape index (κ3) is 2.68. The Hall–Kier alpha value is -2.30. The molecule has 0 fully saturated rings. The van der Waals surface area contributed by atoms with E-state index in [1.165, 1.54) is 6.26 Å². The molecule has 0 saturated heterocycles. The molecule has 0 atom stereocenters. The molecule has 0 unspecified atom stereocenters. The maximum Gasteiger partial charge on any atom is 0.315 e. The first-order valence-electron chi connectivity index (χ1n) is 5.62. The van der Waals surface area contributed by atoms with E-state index in [1.54, 1.807) is 13.0 Å². The van der Waals surface area contributed by atoms with E-state index in [0.717, 1.165) is 5.39 Å². The number of rotatable bonds is 4. The number of amides is 1. The predicted octanol–water partition coefficient (Wildman–Crippen LogP) is 2.32. The van der Waals surface area contributed by atoms with E-state index in [4.69, 9.17) is 9.15 Å². The summed E-state index contributed by atoms with van der Waals surface area (Å²) in [4.78, 5) is 22.7. The van der Waals surface area contributed by atoms with Gasteiger partial charge < -0.3 is 14.5 Å². The second-order valence-electron chi connectivity index (χ2n) is 3.68. The molecule has 2 rings (SSSR count). The van der Waals surface area contributed by atoms with Crippen molar-refractivity contribution in [3.8, 4) is 0 Å². The molecule has 1 amide bonds. The van der Waals surface area contributed by atoms with Crippen LogP contribution in [0.3, 0.4) is 0 Å². The third-order valence-corrected chi connectivity index (χ3v) is 2.37. The number of carbonyl (C=O) groups is 2. The van der Waals surface area contributed by atoms with Crippen LogP contribution in [-0.2, 0) is 14.3 Å². The van der Waals surface area contributed by atoms with Gasteiger partial charge in [-0.25, -0.2) is 0 Å². The summed E-state index contributed by atoms with van der Waals surface area (Å²) in [5.74, 6) is -0.956. The number of carbonyl (C=O) groups excluding carboxylic acids is 2. The normalized spacial score (nSPS) is 10.3. The van der Waals surface area contributed by atoms with Gasteiger partial charge in [0.2, 0.25) is 5.91 Å². The number of anilines is 1. The van der Waals surface area contributed by atoms with Gasteiger partial charge in [0, 0.05) is 5.39 Å². The fraction of sp³-hybridized carbons (Fsp3) is 0.231. The lowest BCUT2D eigenvalue weighted by atomic mass is 10.2. The van der Waals surface area contributed by atoms with Crippen LogP contribution in [0.2, 0.25) is 0 Å². The smallest absolute Gasteiger partial charge is 0.315 e. The molecule has 0 saturated carbocycles. The van der Waals surface area contributed by atoms with Gasteiger partial charge in [-0.3, -0.25) is 9.59 Å². The minimum atomic E-state index is -0.539. The van der Waals surface area contributed by atoms with Gasteiger partial charge in [0.15, 0.2) is 0 Å². The van der Waals surface area contributed by atoms with Crippen LogP contribution in [0.4, 0.5) is 5.69 Å². The minimum Gasteiger partial charge on any atom is -0.466 e. The van der Waals surface area contributed by atoms with E-state index in [1.807, 2.05) is 18.2 Å². The Morgan fingerprint density at radius 2 is 2.11 bits per heavy atom. The summed E-state index contributed by atoms with van der Waals surface area (Å²) in [6.45, 7) is 1.96. The summed E-state index contributed by atoms with van der Waals surface area (Å²) in [6, 6.07) is 7.32. The van der Waals surface area contributed by atoms with Crippen molar-refractivity contribution >= 4 is 28.5 Å². The maximum absolute atomic E-state index is 11.6. The van der Waals surface area contributed by atoms with Crippen molar-refractivity contribution in [3.63, 3.8) is 0 Å². The Morgan fingerprint density at radius 1 is 1.33 bits per heavy atom. The van der Waals surface area contributed by atoms with E-state index in [-0.39, 0.29) is 13.0 Å². The molecule has 0 spiro atoms. The molecule has 0 aliphatic carbocycles. The summed E-state index contributed by atoms with van der Waals surface area (Å²) in [5.41, 5.74) is 1.24. The SMILES string of the molecule is CCOC(=O)CC(=O)Nc1coc2ccccc12. The van der Waals surface area contributed by atoms with Gasteiger partial charge in [-0.2, -0.15) is 0 Å². The molecule has 5 heteroatoms. The van der Waals surface area contributed by atoms with Crippen molar-refractivity contribution in [2.45, 2.75) is 13.3 Å². The van der Waals surface area contributed by atoms with Crippen LogP contribution in [0.1, 0.15) is 13.3 Å². The van der Waals surface area contributed by atoms with Crippen molar-refractivity contribution in [2.24, 2.45) is 0 Å². The van der Waals surface area contributed by atoms with Crippen LogP contribution >= 0.6 is 0 Å². The van der Waals surface area contributed by atoms with E-state index in [2.05, 4.69) is 5.32 Å². The van der Waals surface area contributed by atoms with Crippen LogP contribution in [0.5, 0.6) is 0 Å². The van der Waals surface area contributed by atoms with Gasteiger partial charge in [0.1, 0.15) is 18.3 Å². The zero-order valence-electron chi connectivity index (χ0n) is 9.93. The molecule has 1 heterocycles. The zero-order chi connectivity index (χ0) is 13.0. The molecule has 0 aliphatic heterocycles. The Kier molecular flexibility index (Phi) is 3.62. The van der Waals surface area contributed by atoms with Gasteiger partial charge in [-0.1, -0.05) is 12.1 Å². The highest BCUT2D eigenvalue weighted by Gasteiger charge is 2.13. The second-order valence-corrected chi connectivity index (χ2v) is 3.68. The summed E-state index contributed by atoms with van der Waals surface area (Å²) >= 11 is 0. The molecule has 1 aromatic carbocycles. The first kappa shape index (κ1) is 12.2. The standard InChI is InChI=1S/C13H13NO4/c1-2-17-13(16)7-12(15)14-10-8-18-11-6-4-3-5-9(10)11/h3-6,8H,2,7H2,1H3,(H,14,15). The summed E-state index contributed by atoms with van der Waals surface area (Å²) in [5, 5.41) is 3.42. The summed E-state index contributed by atoms with van der Waals surface area (Å²) < 4.78 is 9.97. The van der Waals surface area contributed by atoms with Gasteiger partial charge >= 0.3 is 5.97 Å². The lowest BCUT2D eigenvalue weighted by Crippen LogP contribution is -2.17. The van der Waals surface area contributed by atoms with Crippen LogP contribution in [0.15, 0.2) is 34.9 Å². The summed E-state index contributed by atoms with van der Waals surface area (Å²) in [7, 11) is 0. The van der Waals surface area contributed by atoms with Gasteiger partial charge in [0.25, 0.3) is 0 Å². The van der Waals surface area contributed by atoms with E-state index in [0.29, 0.717) is 11.3 Å². The number of benzene rings is 1. The lowest BCUT2D eigenvalue weighted by molar-refractivity contribution is -0.145. The monoisotopic (exact) mass is 247 g/mol. The number of esters is 1. The first-order chi connectivity index (χ1) is 8.70. The fourth-order valence-corrected chi connectivity index (χ4v) is 1.61. The zero-order valence-corrected chi connectivity index (χ0v) is 9.93. The van der Waals surface area contributed by atoms with Gasteiger partial charge in [-0.15, -0.1) is 0 Å².